The van der Waals surface area contributed by atoms with Gasteiger partial charge in [0.1, 0.15) is 10.8 Å². The molecule has 5 nitrogen and oxygen atoms in total. The van der Waals surface area contributed by atoms with Crippen LogP contribution in [0.2, 0.25) is 0 Å². The summed E-state index contributed by atoms with van der Waals surface area (Å²) in [4.78, 5) is 7.02. The van der Waals surface area contributed by atoms with Gasteiger partial charge in [-0.15, -0.1) is 0 Å². The van der Waals surface area contributed by atoms with E-state index in [0.29, 0.717) is 18.1 Å². The van der Waals surface area contributed by atoms with Crippen molar-refractivity contribution in [3.05, 3.63) is 23.4 Å². The number of aromatic nitrogens is 1. The number of rotatable bonds is 3. The number of hydrogen-bond acceptors (Lipinski definition) is 5. The highest BCUT2D eigenvalue weighted by molar-refractivity contribution is 7.80. The molecule has 2 heterocycles. The number of morpholine rings is 1. The molecule has 1 aromatic rings. The van der Waals surface area contributed by atoms with E-state index in [1.165, 1.54) is 0 Å². The van der Waals surface area contributed by atoms with Crippen LogP contribution in [0, 0.1) is 6.92 Å². The maximum absolute atomic E-state index is 9.37. The summed E-state index contributed by atoms with van der Waals surface area (Å²) in [6, 6.07) is 3.77. The van der Waals surface area contributed by atoms with Crippen LogP contribution >= 0.6 is 12.2 Å². The molecule has 110 valence electrons. The second-order valence-corrected chi connectivity index (χ2v) is 6.22. The summed E-state index contributed by atoms with van der Waals surface area (Å²) in [6.07, 6.45) is -0.214. The smallest absolute Gasteiger partial charge is 0.129 e. The number of ether oxygens (including phenoxy) is 1. The van der Waals surface area contributed by atoms with Gasteiger partial charge in [0.25, 0.3) is 0 Å². The van der Waals surface area contributed by atoms with Gasteiger partial charge in [0.15, 0.2) is 0 Å². The van der Waals surface area contributed by atoms with Gasteiger partial charge in [-0.05, 0) is 32.9 Å². The molecule has 0 spiro atoms. The van der Waals surface area contributed by atoms with E-state index < -0.39 is 0 Å². The molecule has 6 heteroatoms. The molecule has 0 bridgehead atoms. The van der Waals surface area contributed by atoms with Crippen LogP contribution < -0.4 is 10.6 Å². The highest BCUT2D eigenvalue weighted by Gasteiger charge is 2.33. The Hall–Kier alpha value is -1.24. The van der Waals surface area contributed by atoms with E-state index in [0.717, 1.165) is 17.1 Å². The average molecular weight is 295 g/mol. The van der Waals surface area contributed by atoms with Crippen LogP contribution in [-0.2, 0) is 4.74 Å². The van der Waals surface area contributed by atoms with E-state index in [-0.39, 0.29) is 18.3 Å². The van der Waals surface area contributed by atoms with Crippen molar-refractivity contribution in [3.63, 3.8) is 0 Å². The van der Waals surface area contributed by atoms with Crippen LogP contribution in [0.25, 0.3) is 0 Å². The van der Waals surface area contributed by atoms with Crippen LogP contribution in [0.3, 0.4) is 0 Å². The molecule has 0 radical (unpaired) electrons. The zero-order valence-corrected chi connectivity index (χ0v) is 12.9. The number of thiocarbonyl (C=S) groups is 1. The Morgan fingerprint density at radius 2 is 2.30 bits per heavy atom. The van der Waals surface area contributed by atoms with Gasteiger partial charge in [0, 0.05) is 24.3 Å². The molecule has 1 aliphatic rings. The normalized spacial score (nSPS) is 21.8. The van der Waals surface area contributed by atoms with Crippen LogP contribution in [0.1, 0.15) is 25.1 Å². The molecular formula is C14H21N3O2S. The van der Waals surface area contributed by atoms with Crippen molar-refractivity contribution in [2.24, 2.45) is 5.73 Å². The largest absolute Gasteiger partial charge is 0.394 e. The van der Waals surface area contributed by atoms with Crippen LogP contribution in [0.15, 0.2) is 12.1 Å². The van der Waals surface area contributed by atoms with E-state index in [2.05, 4.69) is 9.88 Å². The lowest BCUT2D eigenvalue weighted by Gasteiger charge is -2.43. The van der Waals surface area contributed by atoms with Crippen molar-refractivity contribution in [1.82, 2.24) is 4.98 Å². The number of hydrogen-bond donors (Lipinski definition) is 2. The molecule has 1 aromatic heterocycles. The van der Waals surface area contributed by atoms with Crippen LogP contribution in [0.5, 0.6) is 0 Å². The number of pyridine rings is 1. The molecule has 1 fully saturated rings. The van der Waals surface area contributed by atoms with Gasteiger partial charge >= 0.3 is 0 Å². The van der Waals surface area contributed by atoms with E-state index in [9.17, 15) is 5.11 Å². The Balaban J connectivity index is 2.32. The lowest BCUT2D eigenvalue weighted by molar-refractivity contribution is -0.101. The zero-order chi connectivity index (χ0) is 14.9. The number of nitrogens with two attached hydrogens (primary N) is 1. The fourth-order valence-corrected chi connectivity index (χ4v) is 2.64. The number of aliphatic hydroxyl groups is 1. The zero-order valence-electron chi connectivity index (χ0n) is 12.1. The van der Waals surface area contributed by atoms with Crippen molar-refractivity contribution in [3.8, 4) is 0 Å². The third kappa shape index (κ3) is 3.45. The van der Waals surface area contributed by atoms with Gasteiger partial charge in [0.2, 0.25) is 0 Å². The molecule has 0 aliphatic carbocycles. The average Bonchev–Trinajstić information content (AvgIpc) is 2.36. The minimum atomic E-state index is -0.333. The van der Waals surface area contributed by atoms with Gasteiger partial charge in [-0.1, -0.05) is 12.2 Å². The third-order valence-corrected chi connectivity index (χ3v) is 3.47. The standard InChI is InChI=1S/C14H21N3O2S/c1-9-4-10(13(15)20)5-12(16-9)17-6-11(7-18)19-14(2,3)8-17/h4-5,11,18H,6-8H2,1-3H3,(H2,15,20). The first-order chi connectivity index (χ1) is 9.30. The Morgan fingerprint density at radius 1 is 1.60 bits per heavy atom. The maximum atomic E-state index is 9.37. The fraction of sp³-hybridized carbons (Fsp3) is 0.571. The number of nitrogens with zero attached hydrogens (tertiary/aromatic N) is 2. The topological polar surface area (TPSA) is 71.6 Å². The first kappa shape index (κ1) is 15.2. The summed E-state index contributed by atoms with van der Waals surface area (Å²) in [5.74, 6) is 0.822. The molecule has 1 aliphatic heterocycles. The van der Waals surface area contributed by atoms with Gasteiger partial charge in [-0.3, -0.25) is 0 Å². The van der Waals surface area contributed by atoms with Crippen LogP contribution in [0.4, 0.5) is 5.82 Å². The quantitative estimate of drug-likeness (QED) is 0.811. The monoisotopic (exact) mass is 295 g/mol. The van der Waals surface area contributed by atoms with Crippen molar-refractivity contribution in [2.45, 2.75) is 32.5 Å². The van der Waals surface area contributed by atoms with E-state index >= 15 is 0 Å². The van der Waals surface area contributed by atoms with E-state index in [1.807, 2.05) is 32.9 Å². The summed E-state index contributed by atoms with van der Waals surface area (Å²) in [7, 11) is 0. The Kier molecular flexibility index (Phi) is 4.27. The van der Waals surface area contributed by atoms with Crippen molar-refractivity contribution >= 4 is 23.0 Å². The summed E-state index contributed by atoms with van der Waals surface area (Å²) in [6.45, 7) is 7.23. The second kappa shape index (κ2) is 5.63. The van der Waals surface area contributed by atoms with Gasteiger partial charge in [-0.2, -0.15) is 0 Å². The summed E-state index contributed by atoms with van der Waals surface area (Å²) >= 11 is 5.04. The highest BCUT2D eigenvalue weighted by Crippen LogP contribution is 2.25. The molecule has 20 heavy (non-hydrogen) atoms. The minimum Gasteiger partial charge on any atom is -0.394 e. The van der Waals surface area contributed by atoms with Crippen molar-refractivity contribution < 1.29 is 9.84 Å². The predicted molar refractivity (Wildman–Crippen MR) is 83.1 cm³/mol. The molecule has 1 unspecified atom stereocenters. The molecule has 1 atom stereocenters. The number of aryl methyl sites for hydroxylation is 1. The lowest BCUT2D eigenvalue weighted by Crippen LogP contribution is -2.54. The molecule has 0 amide bonds. The summed E-state index contributed by atoms with van der Waals surface area (Å²) in [5.41, 5.74) is 7.06. The predicted octanol–water partition coefficient (Wildman–Crippen LogP) is 1.00. The molecule has 3 N–H and O–H groups in total. The van der Waals surface area contributed by atoms with Gasteiger partial charge in [0.05, 0.1) is 18.3 Å². The Labute approximate surface area is 124 Å². The first-order valence-corrected chi connectivity index (χ1v) is 7.04. The summed E-state index contributed by atoms with van der Waals surface area (Å²) < 4.78 is 5.81. The van der Waals surface area contributed by atoms with Crippen LogP contribution in [-0.4, -0.2) is 46.5 Å². The van der Waals surface area contributed by atoms with Crippen molar-refractivity contribution in [2.75, 3.05) is 24.6 Å². The highest BCUT2D eigenvalue weighted by atomic mass is 32.1. The second-order valence-electron chi connectivity index (χ2n) is 5.78. The third-order valence-electron chi connectivity index (χ3n) is 3.23. The van der Waals surface area contributed by atoms with Gasteiger partial charge < -0.3 is 20.5 Å². The molecule has 1 saturated heterocycles. The molecule has 2 rings (SSSR count). The minimum absolute atomic E-state index is 0.00605. The first-order valence-electron chi connectivity index (χ1n) is 6.63. The van der Waals surface area contributed by atoms with E-state index in [4.69, 9.17) is 22.7 Å². The maximum Gasteiger partial charge on any atom is 0.129 e. The molecular weight excluding hydrogens is 274 g/mol. The Bertz CT molecular complexity index is 519. The van der Waals surface area contributed by atoms with E-state index in [1.54, 1.807) is 0 Å². The molecule has 0 saturated carbocycles. The number of anilines is 1. The Morgan fingerprint density at radius 3 is 2.90 bits per heavy atom. The lowest BCUT2D eigenvalue weighted by atomic mass is 10.0. The summed E-state index contributed by atoms with van der Waals surface area (Å²) in [5, 5.41) is 9.37. The molecule has 0 aromatic carbocycles. The SMILES string of the molecule is Cc1cc(C(N)=S)cc(N2CC(CO)OC(C)(C)C2)n1. The fourth-order valence-electron chi connectivity index (χ4n) is 2.52. The van der Waals surface area contributed by atoms with Crippen molar-refractivity contribution in [1.29, 1.82) is 0 Å². The van der Waals surface area contributed by atoms with Gasteiger partial charge in [-0.25, -0.2) is 4.98 Å². The number of aliphatic hydroxyl groups excluding tert-OH is 1.